The maximum absolute atomic E-state index is 12.4. The van der Waals surface area contributed by atoms with E-state index in [-0.39, 0.29) is 30.6 Å². The summed E-state index contributed by atoms with van der Waals surface area (Å²) in [6.45, 7) is 7.75. The summed E-state index contributed by atoms with van der Waals surface area (Å²) in [4.78, 5) is 14.2. The van der Waals surface area contributed by atoms with Crippen LogP contribution in [0.1, 0.15) is 33.6 Å². The number of amides is 1. The minimum Gasteiger partial charge on any atom is -0.394 e. The van der Waals surface area contributed by atoms with E-state index in [4.69, 9.17) is 15.6 Å². The van der Waals surface area contributed by atoms with Crippen LogP contribution in [0.5, 0.6) is 0 Å². The minimum absolute atomic E-state index is 0.0389. The molecule has 5 nitrogen and oxygen atoms in total. The molecular formula is C14H28N2O3. The molecule has 1 amide bonds. The number of nitrogens with two attached hydrogens (primary N) is 1. The topological polar surface area (TPSA) is 75.8 Å². The Kier molecular flexibility index (Phi) is 6.75. The lowest BCUT2D eigenvalue weighted by Crippen LogP contribution is -2.52. The van der Waals surface area contributed by atoms with Gasteiger partial charge in [0, 0.05) is 13.0 Å². The number of aliphatic hydroxyl groups excluding tert-OH is 1. The van der Waals surface area contributed by atoms with E-state index in [0.29, 0.717) is 32.0 Å². The Balaban J connectivity index is 2.54. The van der Waals surface area contributed by atoms with Crippen molar-refractivity contribution < 1.29 is 14.6 Å². The Bertz CT molecular complexity index is 284. The first-order chi connectivity index (χ1) is 8.97. The second kappa shape index (κ2) is 7.82. The first-order valence-electron chi connectivity index (χ1n) is 7.19. The lowest BCUT2D eigenvalue weighted by atomic mass is 9.93. The summed E-state index contributed by atoms with van der Waals surface area (Å²) < 4.78 is 5.45. The highest BCUT2D eigenvalue weighted by Crippen LogP contribution is 2.19. The van der Waals surface area contributed by atoms with Crippen molar-refractivity contribution in [3.63, 3.8) is 0 Å². The monoisotopic (exact) mass is 272 g/mol. The Morgan fingerprint density at radius 3 is 2.74 bits per heavy atom. The van der Waals surface area contributed by atoms with Crippen molar-refractivity contribution in [1.82, 2.24) is 4.90 Å². The molecule has 0 aliphatic carbocycles. The molecule has 0 aromatic rings. The summed E-state index contributed by atoms with van der Waals surface area (Å²) >= 11 is 0. The molecule has 0 saturated carbocycles. The molecule has 0 aromatic carbocycles. The fourth-order valence-electron chi connectivity index (χ4n) is 2.57. The van der Waals surface area contributed by atoms with Crippen molar-refractivity contribution in [2.24, 2.45) is 17.6 Å². The van der Waals surface area contributed by atoms with Gasteiger partial charge in [-0.25, -0.2) is 0 Å². The highest BCUT2D eigenvalue weighted by atomic mass is 16.5. The van der Waals surface area contributed by atoms with Crippen LogP contribution < -0.4 is 5.73 Å². The van der Waals surface area contributed by atoms with Crippen molar-refractivity contribution in [3.05, 3.63) is 0 Å². The Morgan fingerprint density at radius 1 is 1.53 bits per heavy atom. The molecule has 19 heavy (non-hydrogen) atoms. The van der Waals surface area contributed by atoms with Gasteiger partial charge in [-0.05, 0) is 31.7 Å². The third-order valence-corrected chi connectivity index (χ3v) is 3.63. The van der Waals surface area contributed by atoms with Crippen LogP contribution in [-0.4, -0.2) is 54.4 Å². The van der Waals surface area contributed by atoms with Crippen LogP contribution in [0.4, 0.5) is 0 Å². The smallest absolute Gasteiger partial charge is 0.223 e. The average Bonchev–Trinajstić information content (AvgIpc) is 2.37. The van der Waals surface area contributed by atoms with Crippen LogP contribution in [0.2, 0.25) is 0 Å². The predicted octanol–water partition coefficient (Wildman–Crippen LogP) is 0.606. The van der Waals surface area contributed by atoms with E-state index in [1.165, 1.54) is 0 Å². The Labute approximate surface area is 116 Å². The van der Waals surface area contributed by atoms with Gasteiger partial charge in [0.1, 0.15) is 0 Å². The van der Waals surface area contributed by atoms with Crippen LogP contribution in [0.3, 0.4) is 0 Å². The fourth-order valence-corrected chi connectivity index (χ4v) is 2.57. The molecule has 5 heteroatoms. The number of aliphatic hydroxyl groups is 1. The van der Waals surface area contributed by atoms with Gasteiger partial charge >= 0.3 is 0 Å². The van der Waals surface area contributed by atoms with Gasteiger partial charge in [-0.1, -0.05) is 13.8 Å². The number of nitrogens with zero attached hydrogens (tertiary/aromatic N) is 1. The zero-order valence-corrected chi connectivity index (χ0v) is 12.3. The van der Waals surface area contributed by atoms with Crippen molar-refractivity contribution in [2.45, 2.75) is 45.8 Å². The van der Waals surface area contributed by atoms with E-state index in [1.54, 1.807) is 0 Å². The van der Waals surface area contributed by atoms with Crippen molar-refractivity contribution in [1.29, 1.82) is 0 Å². The average molecular weight is 272 g/mol. The number of morpholine rings is 1. The quantitative estimate of drug-likeness (QED) is 0.742. The first kappa shape index (κ1) is 16.4. The third kappa shape index (κ3) is 5.09. The van der Waals surface area contributed by atoms with Gasteiger partial charge in [-0.2, -0.15) is 0 Å². The maximum Gasteiger partial charge on any atom is 0.223 e. The van der Waals surface area contributed by atoms with Gasteiger partial charge in [0.05, 0.1) is 25.4 Å². The zero-order chi connectivity index (χ0) is 14.4. The number of carbonyl (C=O) groups excluding carboxylic acids is 1. The molecule has 1 fully saturated rings. The highest BCUT2D eigenvalue weighted by molar-refractivity contribution is 5.77. The number of hydrogen-bond donors (Lipinski definition) is 2. The van der Waals surface area contributed by atoms with E-state index in [2.05, 4.69) is 13.8 Å². The molecular weight excluding hydrogens is 244 g/mol. The Hall–Kier alpha value is -0.650. The minimum atomic E-state index is -0.249. The maximum atomic E-state index is 12.4. The van der Waals surface area contributed by atoms with Gasteiger partial charge < -0.3 is 20.5 Å². The molecule has 3 N–H and O–H groups in total. The van der Waals surface area contributed by atoms with E-state index in [0.717, 1.165) is 6.42 Å². The van der Waals surface area contributed by atoms with Crippen molar-refractivity contribution >= 4 is 5.91 Å². The predicted molar refractivity (Wildman–Crippen MR) is 74.6 cm³/mol. The number of carbonyl (C=O) groups is 1. The third-order valence-electron chi connectivity index (χ3n) is 3.63. The van der Waals surface area contributed by atoms with Crippen molar-refractivity contribution in [2.75, 3.05) is 26.3 Å². The van der Waals surface area contributed by atoms with E-state index < -0.39 is 0 Å². The van der Waals surface area contributed by atoms with Gasteiger partial charge in [0.15, 0.2) is 0 Å². The van der Waals surface area contributed by atoms with Crippen molar-refractivity contribution in [3.8, 4) is 0 Å². The van der Waals surface area contributed by atoms with Crippen LogP contribution in [0.25, 0.3) is 0 Å². The van der Waals surface area contributed by atoms with Crippen LogP contribution in [-0.2, 0) is 9.53 Å². The van der Waals surface area contributed by atoms with Gasteiger partial charge in [0.2, 0.25) is 5.91 Å². The molecule has 112 valence electrons. The molecule has 1 saturated heterocycles. The molecule has 0 bridgehead atoms. The van der Waals surface area contributed by atoms with Crippen LogP contribution in [0, 0.1) is 11.8 Å². The first-order valence-corrected chi connectivity index (χ1v) is 7.19. The summed E-state index contributed by atoms with van der Waals surface area (Å²) in [5, 5.41) is 9.14. The van der Waals surface area contributed by atoms with Gasteiger partial charge in [-0.3, -0.25) is 4.79 Å². The Morgan fingerprint density at radius 2 is 2.21 bits per heavy atom. The SMILES string of the molecule is CC(C)C[C@H](CN)CC(=O)N1CC(CO)OCC1C. The fraction of sp³-hybridized carbons (Fsp3) is 0.929. The number of hydrogen-bond acceptors (Lipinski definition) is 4. The normalized spacial score (nSPS) is 25.7. The zero-order valence-electron chi connectivity index (χ0n) is 12.3. The molecule has 1 heterocycles. The molecule has 3 atom stereocenters. The van der Waals surface area contributed by atoms with Gasteiger partial charge in [-0.15, -0.1) is 0 Å². The summed E-state index contributed by atoms with van der Waals surface area (Å²) in [5.74, 6) is 0.925. The summed E-state index contributed by atoms with van der Waals surface area (Å²) in [6.07, 6.45) is 1.23. The van der Waals surface area contributed by atoms with E-state index in [9.17, 15) is 4.79 Å². The second-order valence-corrected chi connectivity index (χ2v) is 5.97. The van der Waals surface area contributed by atoms with E-state index in [1.807, 2.05) is 11.8 Å². The molecule has 1 aliphatic heterocycles. The van der Waals surface area contributed by atoms with Crippen LogP contribution >= 0.6 is 0 Å². The molecule has 1 aliphatic rings. The second-order valence-electron chi connectivity index (χ2n) is 5.97. The standard InChI is InChI=1S/C14H28N2O3/c1-10(2)4-12(6-15)5-14(18)16-7-13(8-17)19-9-11(16)3/h10-13,17H,4-9,15H2,1-3H3/t11?,12-,13?/m0/s1. The molecule has 0 radical (unpaired) electrons. The lowest BCUT2D eigenvalue weighted by molar-refractivity contribution is -0.147. The van der Waals surface area contributed by atoms with E-state index >= 15 is 0 Å². The van der Waals surface area contributed by atoms with Crippen LogP contribution in [0.15, 0.2) is 0 Å². The number of rotatable bonds is 6. The highest BCUT2D eigenvalue weighted by Gasteiger charge is 2.30. The summed E-state index contributed by atoms with van der Waals surface area (Å²) in [6, 6.07) is 0.0766. The summed E-state index contributed by atoms with van der Waals surface area (Å²) in [5.41, 5.74) is 5.75. The molecule has 1 rings (SSSR count). The van der Waals surface area contributed by atoms with Gasteiger partial charge in [0.25, 0.3) is 0 Å². The molecule has 0 aromatic heterocycles. The molecule has 2 unspecified atom stereocenters. The number of ether oxygens (including phenoxy) is 1. The lowest BCUT2D eigenvalue weighted by Gasteiger charge is -2.38. The summed E-state index contributed by atoms with van der Waals surface area (Å²) in [7, 11) is 0. The largest absolute Gasteiger partial charge is 0.394 e. The molecule has 0 spiro atoms.